The lowest BCUT2D eigenvalue weighted by Gasteiger charge is -2.22. The lowest BCUT2D eigenvalue weighted by Crippen LogP contribution is -2.43. The van der Waals surface area contributed by atoms with Crippen molar-refractivity contribution in [1.82, 2.24) is 9.62 Å². The molecule has 1 aliphatic carbocycles. The van der Waals surface area contributed by atoms with Gasteiger partial charge in [-0.15, -0.1) is 24.2 Å². The fraction of sp³-hybridized carbons (Fsp3) is 0.929. The zero-order valence-electron chi connectivity index (χ0n) is 13.4. The van der Waals surface area contributed by atoms with Crippen molar-refractivity contribution in [2.75, 3.05) is 24.7 Å². The maximum Gasteiger partial charge on any atom is 0.240 e. The zero-order chi connectivity index (χ0) is 16.0. The summed E-state index contributed by atoms with van der Waals surface area (Å²) in [4.78, 5) is 13.8. The SMILES string of the molecule is Cl.N[C@@H](CCCNS(=O)(=O)C1CCCCC1)C(=O)N1CCSC1. The van der Waals surface area contributed by atoms with Crippen LogP contribution in [0.3, 0.4) is 0 Å². The monoisotopic (exact) mass is 385 g/mol. The first kappa shape index (κ1) is 21.0. The van der Waals surface area contributed by atoms with Crippen molar-refractivity contribution in [3.05, 3.63) is 0 Å². The Morgan fingerprint density at radius 2 is 2.00 bits per heavy atom. The van der Waals surface area contributed by atoms with Crippen molar-refractivity contribution in [3.63, 3.8) is 0 Å². The summed E-state index contributed by atoms with van der Waals surface area (Å²) in [5, 5.41) is -0.238. The molecule has 2 rings (SSSR count). The van der Waals surface area contributed by atoms with Crippen molar-refractivity contribution in [3.8, 4) is 0 Å². The molecule has 1 amide bonds. The van der Waals surface area contributed by atoms with Gasteiger partial charge in [-0.05, 0) is 25.7 Å². The van der Waals surface area contributed by atoms with Crippen LogP contribution >= 0.6 is 24.2 Å². The van der Waals surface area contributed by atoms with Gasteiger partial charge in [-0.2, -0.15) is 0 Å². The molecule has 1 aliphatic heterocycles. The van der Waals surface area contributed by atoms with Crippen LogP contribution in [0.1, 0.15) is 44.9 Å². The van der Waals surface area contributed by atoms with Gasteiger partial charge in [-0.3, -0.25) is 4.79 Å². The Labute approximate surface area is 149 Å². The first-order valence-electron chi connectivity index (χ1n) is 8.11. The smallest absolute Gasteiger partial charge is 0.240 e. The van der Waals surface area contributed by atoms with Gasteiger partial charge in [-0.1, -0.05) is 19.3 Å². The van der Waals surface area contributed by atoms with Crippen LogP contribution in [0.4, 0.5) is 0 Å². The van der Waals surface area contributed by atoms with Gasteiger partial charge in [0, 0.05) is 18.8 Å². The summed E-state index contributed by atoms with van der Waals surface area (Å²) < 4.78 is 27.0. The fourth-order valence-electron chi connectivity index (χ4n) is 2.98. The number of hydrogen-bond donors (Lipinski definition) is 2. The Hall–Kier alpha value is -0.0200. The molecular formula is C14H28ClN3O3S2. The van der Waals surface area contributed by atoms with Crippen LogP contribution in [-0.4, -0.2) is 55.2 Å². The van der Waals surface area contributed by atoms with Gasteiger partial charge >= 0.3 is 0 Å². The predicted octanol–water partition coefficient (Wildman–Crippen LogP) is 1.30. The second-order valence-electron chi connectivity index (χ2n) is 6.09. The lowest BCUT2D eigenvalue weighted by molar-refractivity contribution is -0.131. The molecule has 2 aliphatic rings. The van der Waals surface area contributed by atoms with E-state index >= 15 is 0 Å². The van der Waals surface area contributed by atoms with Crippen molar-refractivity contribution in [2.24, 2.45) is 5.73 Å². The van der Waals surface area contributed by atoms with E-state index in [1.807, 2.05) is 0 Å². The summed E-state index contributed by atoms with van der Waals surface area (Å²) in [6, 6.07) is -0.516. The third-order valence-electron chi connectivity index (χ3n) is 4.37. The average Bonchev–Trinajstić information content (AvgIpc) is 3.06. The molecule has 1 heterocycles. The second-order valence-corrected chi connectivity index (χ2v) is 9.21. The van der Waals surface area contributed by atoms with E-state index in [-0.39, 0.29) is 23.6 Å². The van der Waals surface area contributed by atoms with Gasteiger partial charge in [0.25, 0.3) is 0 Å². The Kier molecular flexibility index (Phi) is 9.21. The molecular weight excluding hydrogens is 358 g/mol. The van der Waals surface area contributed by atoms with Gasteiger partial charge in [0.1, 0.15) is 0 Å². The van der Waals surface area contributed by atoms with Crippen LogP contribution in [0.25, 0.3) is 0 Å². The van der Waals surface area contributed by atoms with Crippen molar-refractivity contribution >= 4 is 40.1 Å². The molecule has 1 saturated carbocycles. The number of carbonyl (C=O) groups is 1. The summed E-state index contributed by atoms with van der Waals surface area (Å²) >= 11 is 1.73. The van der Waals surface area contributed by atoms with Gasteiger partial charge in [0.15, 0.2) is 0 Å². The first-order chi connectivity index (χ1) is 10.5. The van der Waals surface area contributed by atoms with Crippen LogP contribution in [0.5, 0.6) is 0 Å². The predicted molar refractivity (Wildman–Crippen MR) is 97.3 cm³/mol. The van der Waals surface area contributed by atoms with E-state index in [2.05, 4.69) is 4.72 Å². The van der Waals surface area contributed by atoms with E-state index in [0.717, 1.165) is 50.3 Å². The molecule has 136 valence electrons. The summed E-state index contributed by atoms with van der Waals surface area (Å²) in [7, 11) is -3.21. The molecule has 2 fully saturated rings. The van der Waals surface area contributed by atoms with Gasteiger partial charge in [0.05, 0.1) is 17.2 Å². The highest BCUT2D eigenvalue weighted by Crippen LogP contribution is 2.23. The number of nitrogens with two attached hydrogens (primary N) is 1. The molecule has 0 aromatic rings. The summed E-state index contributed by atoms with van der Waals surface area (Å²) in [5.41, 5.74) is 5.91. The lowest BCUT2D eigenvalue weighted by atomic mass is 10.0. The Morgan fingerprint density at radius 1 is 1.30 bits per heavy atom. The number of carbonyl (C=O) groups excluding carboxylic acids is 1. The van der Waals surface area contributed by atoms with Gasteiger partial charge in [-0.25, -0.2) is 13.1 Å². The van der Waals surface area contributed by atoms with Crippen LogP contribution in [0, 0.1) is 0 Å². The van der Waals surface area contributed by atoms with Crippen LogP contribution < -0.4 is 10.5 Å². The minimum Gasteiger partial charge on any atom is -0.331 e. The highest BCUT2D eigenvalue weighted by Gasteiger charge is 2.27. The van der Waals surface area contributed by atoms with Gasteiger partial charge < -0.3 is 10.6 Å². The quantitative estimate of drug-likeness (QED) is 0.644. The van der Waals surface area contributed by atoms with Crippen molar-refractivity contribution < 1.29 is 13.2 Å². The third kappa shape index (κ3) is 6.42. The fourth-order valence-corrected chi connectivity index (χ4v) is 5.55. The standard InChI is InChI=1S/C14H27N3O3S2.ClH/c15-13(14(18)17-9-10-21-11-17)7-4-8-16-22(19,20)12-5-2-1-3-6-12;/h12-13,16H,1-11,15H2;1H/t13-;/m0./s1. The number of thioether (sulfide) groups is 1. The van der Waals surface area contributed by atoms with Crippen LogP contribution in [0.15, 0.2) is 0 Å². The van der Waals surface area contributed by atoms with E-state index in [0.29, 0.717) is 19.4 Å². The highest BCUT2D eigenvalue weighted by atomic mass is 35.5. The number of nitrogens with one attached hydrogen (secondary N) is 1. The minimum atomic E-state index is -3.21. The molecule has 0 aromatic heterocycles. The van der Waals surface area contributed by atoms with E-state index < -0.39 is 16.1 Å². The summed E-state index contributed by atoms with van der Waals surface area (Å²) in [5.74, 6) is 1.68. The zero-order valence-corrected chi connectivity index (χ0v) is 15.9. The van der Waals surface area contributed by atoms with Crippen LogP contribution in [-0.2, 0) is 14.8 Å². The Morgan fingerprint density at radius 3 is 2.61 bits per heavy atom. The van der Waals surface area contributed by atoms with E-state index in [1.165, 1.54) is 0 Å². The summed E-state index contributed by atoms with van der Waals surface area (Å²) in [6.07, 6.45) is 5.78. The number of rotatable bonds is 7. The number of hydrogen-bond acceptors (Lipinski definition) is 5. The van der Waals surface area contributed by atoms with Gasteiger partial charge in [0.2, 0.25) is 15.9 Å². The molecule has 6 nitrogen and oxygen atoms in total. The maximum atomic E-state index is 12.2. The molecule has 1 saturated heterocycles. The number of sulfonamides is 1. The largest absolute Gasteiger partial charge is 0.331 e. The number of amides is 1. The highest BCUT2D eigenvalue weighted by molar-refractivity contribution is 7.99. The number of halogens is 1. The molecule has 9 heteroatoms. The van der Waals surface area contributed by atoms with Crippen molar-refractivity contribution in [2.45, 2.75) is 56.2 Å². The molecule has 0 spiro atoms. The topological polar surface area (TPSA) is 92.5 Å². The molecule has 0 radical (unpaired) electrons. The molecule has 0 unspecified atom stereocenters. The third-order valence-corrected chi connectivity index (χ3v) is 7.29. The Bertz CT molecular complexity index is 464. The van der Waals surface area contributed by atoms with E-state index in [9.17, 15) is 13.2 Å². The average molecular weight is 386 g/mol. The summed E-state index contributed by atoms with van der Waals surface area (Å²) in [6.45, 7) is 1.14. The minimum absolute atomic E-state index is 0. The first-order valence-corrected chi connectivity index (χ1v) is 10.8. The molecule has 1 atom stereocenters. The normalized spacial score (nSPS) is 21.0. The molecule has 23 heavy (non-hydrogen) atoms. The van der Waals surface area contributed by atoms with E-state index in [1.54, 1.807) is 16.7 Å². The van der Waals surface area contributed by atoms with Crippen molar-refractivity contribution in [1.29, 1.82) is 0 Å². The molecule has 0 bridgehead atoms. The maximum absolute atomic E-state index is 12.2. The molecule has 0 aromatic carbocycles. The Balaban J connectivity index is 0.00000264. The van der Waals surface area contributed by atoms with Crippen LogP contribution in [0.2, 0.25) is 0 Å². The second kappa shape index (κ2) is 10.1. The number of nitrogens with zero attached hydrogens (tertiary/aromatic N) is 1. The molecule has 3 N–H and O–H groups in total. The van der Waals surface area contributed by atoms with E-state index in [4.69, 9.17) is 5.73 Å².